The lowest BCUT2D eigenvalue weighted by Gasteiger charge is -2.17. The van der Waals surface area contributed by atoms with Gasteiger partial charge >= 0.3 is 6.18 Å². The second-order valence-corrected chi connectivity index (χ2v) is 3.21. The number of aliphatic hydroxyl groups excluding tert-OH is 1. The maximum Gasteiger partial charge on any atom is 0.421 e. The Bertz CT molecular complexity index is 339. The van der Waals surface area contributed by atoms with E-state index in [1.54, 1.807) is 6.92 Å². The quantitative estimate of drug-likeness (QED) is 0.833. The maximum absolute atomic E-state index is 12.5. The minimum atomic E-state index is -4.50. The Morgan fingerprint density at radius 1 is 1.50 bits per heavy atom. The highest BCUT2D eigenvalue weighted by Gasteiger charge is 2.35. The fourth-order valence-corrected chi connectivity index (χ4v) is 1.12. The monoisotopic (exact) mass is 235 g/mol. The molecule has 1 aromatic heterocycles. The highest BCUT2D eigenvalue weighted by Crippen LogP contribution is 2.33. The second kappa shape index (κ2) is 5.11. The van der Waals surface area contributed by atoms with Crippen molar-refractivity contribution in [2.75, 3.05) is 11.9 Å². The van der Waals surface area contributed by atoms with Gasteiger partial charge in [-0.25, -0.2) is 9.97 Å². The molecule has 0 bridgehead atoms. The number of anilines is 1. The van der Waals surface area contributed by atoms with Crippen LogP contribution in [0.25, 0.3) is 0 Å². The van der Waals surface area contributed by atoms with Crippen molar-refractivity contribution in [1.29, 1.82) is 0 Å². The van der Waals surface area contributed by atoms with E-state index in [4.69, 9.17) is 5.11 Å². The summed E-state index contributed by atoms with van der Waals surface area (Å²) in [7, 11) is 0. The predicted molar refractivity (Wildman–Crippen MR) is 51.8 cm³/mol. The first kappa shape index (κ1) is 12.7. The number of rotatable bonds is 4. The molecule has 0 saturated carbocycles. The van der Waals surface area contributed by atoms with E-state index >= 15 is 0 Å². The molecule has 1 heterocycles. The van der Waals surface area contributed by atoms with Gasteiger partial charge in [0.15, 0.2) is 0 Å². The van der Waals surface area contributed by atoms with Gasteiger partial charge in [0.25, 0.3) is 0 Å². The molecule has 7 heteroatoms. The van der Waals surface area contributed by atoms with Crippen molar-refractivity contribution < 1.29 is 18.3 Å². The number of nitrogens with zero attached hydrogens (tertiary/aromatic N) is 2. The van der Waals surface area contributed by atoms with Crippen LogP contribution in [0, 0.1) is 0 Å². The molecular weight excluding hydrogens is 223 g/mol. The fourth-order valence-electron chi connectivity index (χ4n) is 1.12. The van der Waals surface area contributed by atoms with Crippen LogP contribution in [0.3, 0.4) is 0 Å². The topological polar surface area (TPSA) is 58.0 Å². The summed E-state index contributed by atoms with van der Waals surface area (Å²) in [4.78, 5) is 6.86. The van der Waals surface area contributed by atoms with Crippen LogP contribution in [0.5, 0.6) is 0 Å². The van der Waals surface area contributed by atoms with E-state index in [1.165, 1.54) is 0 Å². The van der Waals surface area contributed by atoms with Crippen LogP contribution in [0.1, 0.15) is 18.9 Å². The summed E-state index contributed by atoms with van der Waals surface area (Å²) in [5.74, 6) is -0.302. The van der Waals surface area contributed by atoms with Crippen molar-refractivity contribution in [3.8, 4) is 0 Å². The Hall–Kier alpha value is -1.37. The highest BCUT2D eigenvalue weighted by molar-refractivity contribution is 5.44. The predicted octanol–water partition coefficient (Wildman–Crippen LogP) is 1.68. The standard InChI is InChI=1S/C9H12F3N3O/c1-2-6(4-16)15-8-7(9(10,11)12)3-13-5-14-8/h3,5-6,16H,2,4H2,1H3,(H,13,14,15)/t6-/m1/s1. The van der Waals surface area contributed by atoms with Gasteiger partial charge in [-0.05, 0) is 6.42 Å². The highest BCUT2D eigenvalue weighted by atomic mass is 19.4. The van der Waals surface area contributed by atoms with Crippen LogP contribution >= 0.6 is 0 Å². The molecule has 0 radical (unpaired) electrons. The van der Waals surface area contributed by atoms with Crippen molar-refractivity contribution in [2.45, 2.75) is 25.6 Å². The van der Waals surface area contributed by atoms with E-state index in [9.17, 15) is 13.2 Å². The minimum absolute atomic E-state index is 0.252. The summed E-state index contributed by atoms with van der Waals surface area (Å²) in [6.45, 7) is 1.50. The third-order valence-electron chi connectivity index (χ3n) is 2.07. The molecule has 0 aromatic carbocycles. The summed E-state index contributed by atoms with van der Waals surface area (Å²) in [6, 6.07) is -0.448. The van der Waals surface area contributed by atoms with E-state index in [0.29, 0.717) is 12.6 Å². The van der Waals surface area contributed by atoms with E-state index < -0.39 is 17.8 Å². The van der Waals surface area contributed by atoms with Gasteiger partial charge in [-0.3, -0.25) is 0 Å². The third kappa shape index (κ3) is 3.06. The Morgan fingerprint density at radius 3 is 2.69 bits per heavy atom. The van der Waals surface area contributed by atoms with E-state index in [0.717, 1.165) is 6.33 Å². The summed E-state index contributed by atoms with van der Waals surface area (Å²) < 4.78 is 37.6. The van der Waals surface area contributed by atoms with Gasteiger partial charge in [0.05, 0.1) is 12.6 Å². The van der Waals surface area contributed by atoms with Gasteiger partial charge in [0.2, 0.25) is 0 Å². The summed E-state index contributed by atoms with van der Waals surface area (Å²) in [6.07, 6.45) is -2.27. The number of halogens is 3. The van der Waals surface area contributed by atoms with Gasteiger partial charge in [-0.15, -0.1) is 0 Å². The molecule has 16 heavy (non-hydrogen) atoms. The zero-order valence-electron chi connectivity index (χ0n) is 8.62. The van der Waals surface area contributed by atoms with Crippen LogP contribution < -0.4 is 5.32 Å². The summed E-state index contributed by atoms with van der Waals surface area (Å²) in [5.41, 5.74) is -0.929. The second-order valence-electron chi connectivity index (χ2n) is 3.21. The Kier molecular flexibility index (Phi) is 4.05. The lowest BCUT2D eigenvalue weighted by molar-refractivity contribution is -0.137. The molecule has 0 aliphatic heterocycles. The first-order valence-corrected chi connectivity index (χ1v) is 4.73. The largest absolute Gasteiger partial charge is 0.421 e. The Morgan fingerprint density at radius 2 is 2.19 bits per heavy atom. The zero-order chi connectivity index (χ0) is 12.2. The first-order chi connectivity index (χ1) is 7.49. The molecule has 0 fully saturated rings. The Balaban J connectivity index is 2.95. The number of hydrogen-bond acceptors (Lipinski definition) is 4. The lowest BCUT2D eigenvalue weighted by Crippen LogP contribution is -2.25. The molecule has 0 saturated heterocycles. The average Bonchev–Trinajstić information content (AvgIpc) is 2.25. The third-order valence-corrected chi connectivity index (χ3v) is 2.07. The molecule has 0 aliphatic carbocycles. The zero-order valence-corrected chi connectivity index (χ0v) is 8.62. The van der Waals surface area contributed by atoms with Crippen LogP contribution in [0.4, 0.5) is 19.0 Å². The van der Waals surface area contributed by atoms with Gasteiger partial charge in [0, 0.05) is 6.20 Å². The van der Waals surface area contributed by atoms with E-state index in [2.05, 4.69) is 15.3 Å². The van der Waals surface area contributed by atoms with Crippen molar-refractivity contribution in [2.24, 2.45) is 0 Å². The van der Waals surface area contributed by atoms with Crippen molar-refractivity contribution in [3.63, 3.8) is 0 Å². The normalized spacial score (nSPS) is 13.6. The molecule has 0 spiro atoms. The minimum Gasteiger partial charge on any atom is -0.394 e. The van der Waals surface area contributed by atoms with Crippen LogP contribution in [-0.4, -0.2) is 27.7 Å². The van der Waals surface area contributed by atoms with E-state index in [1.807, 2.05) is 0 Å². The SMILES string of the molecule is CC[C@H](CO)Nc1ncncc1C(F)(F)F. The summed E-state index contributed by atoms with van der Waals surface area (Å²) >= 11 is 0. The van der Waals surface area contributed by atoms with Crippen LogP contribution in [0.2, 0.25) is 0 Å². The van der Waals surface area contributed by atoms with Crippen LogP contribution in [-0.2, 0) is 6.18 Å². The maximum atomic E-state index is 12.5. The number of aromatic nitrogens is 2. The molecular formula is C9H12F3N3O. The molecule has 2 N–H and O–H groups in total. The molecule has 90 valence electrons. The molecule has 0 unspecified atom stereocenters. The van der Waals surface area contributed by atoms with Gasteiger partial charge in [-0.1, -0.05) is 6.92 Å². The van der Waals surface area contributed by atoms with Crippen molar-refractivity contribution in [1.82, 2.24) is 9.97 Å². The molecule has 0 aliphatic rings. The number of hydrogen-bond donors (Lipinski definition) is 2. The van der Waals surface area contributed by atoms with Crippen LogP contribution in [0.15, 0.2) is 12.5 Å². The molecule has 4 nitrogen and oxygen atoms in total. The molecule has 1 atom stereocenters. The van der Waals surface area contributed by atoms with E-state index in [-0.39, 0.29) is 12.4 Å². The molecule has 1 rings (SSSR count). The number of alkyl halides is 3. The van der Waals surface area contributed by atoms with Gasteiger partial charge in [-0.2, -0.15) is 13.2 Å². The number of aliphatic hydroxyl groups is 1. The molecule has 0 amide bonds. The summed E-state index contributed by atoms with van der Waals surface area (Å²) in [5, 5.41) is 11.4. The average molecular weight is 235 g/mol. The van der Waals surface area contributed by atoms with Gasteiger partial charge < -0.3 is 10.4 Å². The fraction of sp³-hybridized carbons (Fsp3) is 0.556. The smallest absolute Gasteiger partial charge is 0.394 e. The van der Waals surface area contributed by atoms with Crippen molar-refractivity contribution >= 4 is 5.82 Å². The van der Waals surface area contributed by atoms with Gasteiger partial charge in [0.1, 0.15) is 17.7 Å². The number of nitrogens with one attached hydrogen (secondary N) is 1. The first-order valence-electron chi connectivity index (χ1n) is 4.73. The van der Waals surface area contributed by atoms with Crippen molar-refractivity contribution in [3.05, 3.63) is 18.1 Å². The molecule has 1 aromatic rings. The lowest BCUT2D eigenvalue weighted by atomic mass is 10.2. The Labute approximate surface area is 90.5 Å².